The van der Waals surface area contributed by atoms with Gasteiger partial charge in [-0.25, -0.2) is 4.98 Å². The summed E-state index contributed by atoms with van der Waals surface area (Å²) in [6, 6.07) is 0. The maximum atomic E-state index is 5.97. The van der Waals surface area contributed by atoms with Crippen molar-refractivity contribution in [2.24, 2.45) is 0 Å². The maximum Gasteiger partial charge on any atom is 0.221 e. The quantitative estimate of drug-likeness (QED) is 0.734. The van der Waals surface area contributed by atoms with E-state index in [0.717, 1.165) is 25.2 Å². The molecule has 0 amide bonds. The zero-order chi connectivity index (χ0) is 12.8. The van der Waals surface area contributed by atoms with E-state index >= 15 is 0 Å². The van der Waals surface area contributed by atoms with Crippen LogP contribution in [0, 0.1) is 13.8 Å². The number of likely N-dealkylation sites (N-methyl/N-ethyl adjacent to an activating group) is 1. The van der Waals surface area contributed by atoms with Gasteiger partial charge in [0.2, 0.25) is 5.88 Å². The second-order valence-electron chi connectivity index (χ2n) is 3.87. The molecule has 0 N–H and O–H groups in total. The Labute approximate surface area is 108 Å². The summed E-state index contributed by atoms with van der Waals surface area (Å²) in [4.78, 5) is 10.6. The molecule has 0 fully saturated rings. The molecule has 5 heteroatoms. The van der Waals surface area contributed by atoms with Crippen LogP contribution in [0.1, 0.15) is 25.2 Å². The Morgan fingerprint density at radius 2 is 1.82 bits per heavy atom. The molecule has 0 aliphatic carbocycles. The lowest BCUT2D eigenvalue weighted by molar-refractivity contribution is 0.216. The fourth-order valence-corrected chi connectivity index (χ4v) is 1.72. The first-order valence-electron chi connectivity index (χ1n) is 5.94. The minimum atomic E-state index is 0.468. The fourth-order valence-electron chi connectivity index (χ4n) is 1.52. The van der Waals surface area contributed by atoms with Crippen molar-refractivity contribution in [1.82, 2.24) is 14.9 Å². The van der Waals surface area contributed by atoms with Gasteiger partial charge in [-0.3, -0.25) is 0 Å². The summed E-state index contributed by atoms with van der Waals surface area (Å²) in [5, 5.41) is 0.468. The number of aromatic nitrogens is 2. The molecule has 1 rings (SSSR count). The Hall–Kier alpha value is -0.870. The van der Waals surface area contributed by atoms with Crippen LogP contribution in [-0.4, -0.2) is 41.1 Å². The van der Waals surface area contributed by atoms with Gasteiger partial charge < -0.3 is 9.64 Å². The van der Waals surface area contributed by atoms with Crippen LogP contribution in [0.4, 0.5) is 0 Å². The molecule has 0 saturated carbocycles. The fraction of sp³-hybridized carbons (Fsp3) is 0.667. The Morgan fingerprint density at radius 3 is 2.41 bits per heavy atom. The van der Waals surface area contributed by atoms with Crippen molar-refractivity contribution >= 4 is 11.6 Å². The average Bonchev–Trinajstić information content (AvgIpc) is 2.30. The number of rotatable bonds is 6. The molecule has 0 radical (unpaired) electrons. The standard InChI is InChI=1S/C12H20ClN3O/c1-5-16(6-2)7-8-17-12-9(3)11(13)14-10(4)15-12/h5-8H2,1-4H3. The second-order valence-corrected chi connectivity index (χ2v) is 4.23. The van der Waals surface area contributed by atoms with Gasteiger partial charge in [0.25, 0.3) is 0 Å². The first-order chi connectivity index (χ1) is 8.08. The van der Waals surface area contributed by atoms with Gasteiger partial charge in [-0.05, 0) is 26.9 Å². The number of halogens is 1. The van der Waals surface area contributed by atoms with Crippen LogP contribution in [0.25, 0.3) is 0 Å². The van der Waals surface area contributed by atoms with Crippen LogP contribution in [0.15, 0.2) is 0 Å². The van der Waals surface area contributed by atoms with Crippen molar-refractivity contribution in [1.29, 1.82) is 0 Å². The van der Waals surface area contributed by atoms with E-state index in [1.807, 2.05) is 13.8 Å². The molecule has 1 aromatic rings. The van der Waals surface area contributed by atoms with Crippen LogP contribution >= 0.6 is 11.6 Å². The summed E-state index contributed by atoms with van der Waals surface area (Å²) in [6.07, 6.45) is 0. The van der Waals surface area contributed by atoms with Gasteiger partial charge in [-0.2, -0.15) is 4.98 Å². The van der Waals surface area contributed by atoms with Gasteiger partial charge in [0, 0.05) is 12.1 Å². The van der Waals surface area contributed by atoms with Crippen molar-refractivity contribution in [2.75, 3.05) is 26.2 Å². The lowest BCUT2D eigenvalue weighted by Gasteiger charge is -2.18. The molecular weight excluding hydrogens is 238 g/mol. The molecular formula is C12H20ClN3O. The topological polar surface area (TPSA) is 38.2 Å². The van der Waals surface area contributed by atoms with Crippen molar-refractivity contribution in [3.63, 3.8) is 0 Å². The van der Waals surface area contributed by atoms with Crippen molar-refractivity contribution < 1.29 is 4.74 Å². The molecule has 4 nitrogen and oxygen atoms in total. The minimum absolute atomic E-state index is 0.468. The van der Waals surface area contributed by atoms with Gasteiger partial charge >= 0.3 is 0 Å². The zero-order valence-corrected chi connectivity index (χ0v) is 11.7. The molecule has 17 heavy (non-hydrogen) atoms. The van der Waals surface area contributed by atoms with E-state index in [1.54, 1.807) is 0 Å². The highest BCUT2D eigenvalue weighted by Crippen LogP contribution is 2.21. The van der Waals surface area contributed by atoms with Gasteiger partial charge in [0.05, 0.1) is 0 Å². The normalized spacial score (nSPS) is 10.9. The molecule has 0 spiro atoms. The van der Waals surface area contributed by atoms with E-state index < -0.39 is 0 Å². The van der Waals surface area contributed by atoms with Gasteiger partial charge in [-0.1, -0.05) is 25.4 Å². The largest absolute Gasteiger partial charge is 0.476 e. The molecule has 0 aliphatic heterocycles. The summed E-state index contributed by atoms with van der Waals surface area (Å²) in [5.41, 5.74) is 0.803. The number of nitrogens with zero attached hydrogens (tertiary/aromatic N) is 3. The van der Waals surface area contributed by atoms with Gasteiger partial charge in [0.1, 0.15) is 17.6 Å². The van der Waals surface area contributed by atoms with Crippen LogP contribution in [0.2, 0.25) is 5.15 Å². The monoisotopic (exact) mass is 257 g/mol. The first kappa shape index (κ1) is 14.2. The van der Waals surface area contributed by atoms with Crippen LogP contribution in [-0.2, 0) is 0 Å². The molecule has 0 unspecified atom stereocenters. The van der Waals surface area contributed by atoms with E-state index in [1.165, 1.54) is 0 Å². The van der Waals surface area contributed by atoms with E-state index in [9.17, 15) is 0 Å². The number of aryl methyl sites for hydroxylation is 1. The molecule has 96 valence electrons. The predicted molar refractivity (Wildman–Crippen MR) is 69.8 cm³/mol. The molecule has 0 bridgehead atoms. The highest BCUT2D eigenvalue weighted by atomic mass is 35.5. The predicted octanol–water partition coefficient (Wildman–Crippen LogP) is 2.47. The summed E-state index contributed by atoms with van der Waals surface area (Å²) in [6.45, 7) is 11.5. The zero-order valence-electron chi connectivity index (χ0n) is 11.0. The van der Waals surface area contributed by atoms with Crippen molar-refractivity contribution in [3.8, 4) is 5.88 Å². The first-order valence-corrected chi connectivity index (χ1v) is 6.32. The molecule has 1 aromatic heterocycles. The highest BCUT2D eigenvalue weighted by Gasteiger charge is 2.08. The Morgan fingerprint density at radius 1 is 1.18 bits per heavy atom. The summed E-state index contributed by atoms with van der Waals surface area (Å²) in [5.74, 6) is 1.23. The third-order valence-electron chi connectivity index (χ3n) is 2.69. The molecule has 0 aliphatic rings. The number of hydrogen-bond acceptors (Lipinski definition) is 4. The minimum Gasteiger partial charge on any atom is -0.476 e. The Kier molecular flexibility index (Phi) is 5.65. The molecule has 0 saturated heterocycles. The third kappa shape index (κ3) is 4.13. The molecule has 0 atom stereocenters. The Bertz CT molecular complexity index is 367. The van der Waals surface area contributed by atoms with Crippen LogP contribution in [0.5, 0.6) is 5.88 Å². The van der Waals surface area contributed by atoms with Crippen LogP contribution in [0.3, 0.4) is 0 Å². The van der Waals surface area contributed by atoms with E-state index in [-0.39, 0.29) is 0 Å². The summed E-state index contributed by atoms with van der Waals surface area (Å²) in [7, 11) is 0. The lowest BCUT2D eigenvalue weighted by atomic mass is 10.3. The molecule has 0 aromatic carbocycles. The number of ether oxygens (including phenoxy) is 1. The van der Waals surface area contributed by atoms with Crippen LogP contribution < -0.4 is 4.74 Å². The third-order valence-corrected chi connectivity index (χ3v) is 3.06. The van der Waals surface area contributed by atoms with Gasteiger partial charge in [-0.15, -0.1) is 0 Å². The van der Waals surface area contributed by atoms with Crippen molar-refractivity contribution in [3.05, 3.63) is 16.5 Å². The van der Waals surface area contributed by atoms with E-state index in [0.29, 0.717) is 23.5 Å². The highest BCUT2D eigenvalue weighted by molar-refractivity contribution is 6.30. The lowest BCUT2D eigenvalue weighted by Crippen LogP contribution is -2.28. The van der Waals surface area contributed by atoms with Crippen molar-refractivity contribution in [2.45, 2.75) is 27.7 Å². The van der Waals surface area contributed by atoms with E-state index in [4.69, 9.17) is 16.3 Å². The van der Waals surface area contributed by atoms with E-state index in [2.05, 4.69) is 28.7 Å². The smallest absolute Gasteiger partial charge is 0.221 e. The summed E-state index contributed by atoms with van der Waals surface area (Å²) < 4.78 is 5.66. The Balaban J connectivity index is 2.57. The number of hydrogen-bond donors (Lipinski definition) is 0. The summed E-state index contributed by atoms with van der Waals surface area (Å²) >= 11 is 5.97. The second kappa shape index (κ2) is 6.77. The molecule has 1 heterocycles. The SMILES string of the molecule is CCN(CC)CCOc1nc(C)nc(Cl)c1C. The van der Waals surface area contributed by atoms with Gasteiger partial charge in [0.15, 0.2) is 0 Å². The average molecular weight is 258 g/mol. The maximum absolute atomic E-state index is 5.97.